The smallest absolute Gasteiger partial charge is 0.409 e. The number of hydrogen-bond donors (Lipinski definition) is 4. The molecule has 0 fully saturated rings. The van der Waals surface area contributed by atoms with E-state index in [9.17, 15) is 24.3 Å². The molecule has 10 nitrogen and oxygen atoms in total. The number of alkyl carbamates (subject to hydrolysis) is 2. The number of amides is 2. The van der Waals surface area contributed by atoms with Gasteiger partial charge in [-0.2, -0.15) is 0 Å². The van der Waals surface area contributed by atoms with Gasteiger partial charge in [0.25, 0.3) is 0 Å². The van der Waals surface area contributed by atoms with Gasteiger partial charge in [0.15, 0.2) is 0 Å². The minimum Gasteiger partial charge on any atom is -0.481 e. The zero-order valence-corrected chi connectivity index (χ0v) is 16.4. The van der Waals surface area contributed by atoms with Crippen molar-refractivity contribution in [3.05, 3.63) is 71.8 Å². The average Bonchev–Trinajstić information content (AvgIpc) is 2.76. The Kier molecular flexibility index (Phi) is 8.38. The van der Waals surface area contributed by atoms with Gasteiger partial charge in [-0.05, 0) is 11.1 Å². The van der Waals surface area contributed by atoms with Crippen LogP contribution in [0.1, 0.15) is 24.0 Å². The standard InChI is InChI=1S/C21H22N2O8/c24-17(25)11-12-21(18(26)27,22-19(28)30-13-15-7-3-1-4-8-15)23-20(29)31-14-16-9-5-2-6-10-16/h1-10H,11-14H2,(H,22,28)(H,23,29)(H,24,25)(H,26,27). The van der Waals surface area contributed by atoms with Gasteiger partial charge in [0, 0.05) is 12.8 Å². The van der Waals surface area contributed by atoms with Crippen molar-refractivity contribution < 1.29 is 38.9 Å². The minimum atomic E-state index is -2.44. The molecule has 0 aliphatic heterocycles. The molecular formula is C21H22N2O8. The summed E-state index contributed by atoms with van der Waals surface area (Å²) in [6, 6.07) is 17.3. The van der Waals surface area contributed by atoms with Crippen LogP contribution in [0.25, 0.3) is 0 Å². The van der Waals surface area contributed by atoms with E-state index in [-0.39, 0.29) is 13.2 Å². The first-order chi connectivity index (χ1) is 14.8. The lowest BCUT2D eigenvalue weighted by Gasteiger charge is -2.30. The van der Waals surface area contributed by atoms with Crippen molar-refractivity contribution in [2.24, 2.45) is 0 Å². The van der Waals surface area contributed by atoms with E-state index in [0.717, 1.165) is 0 Å². The molecule has 164 valence electrons. The van der Waals surface area contributed by atoms with E-state index in [1.165, 1.54) is 0 Å². The van der Waals surface area contributed by atoms with Gasteiger partial charge in [-0.25, -0.2) is 14.4 Å². The third kappa shape index (κ3) is 7.69. The molecular weight excluding hydrogens is 408 g/mol. The van der Waals surface area contributed by atoms with Crippen molar-refractivity contribution in [3.63, 3.8) is 0 Å². The van der Waals surface area contributed by atoms with Crippen LogP contribution in [0.4, 0.5) is 9.59 Å². The summed E-state index contributed by atoms with van der Waals surface area (Å²) in [5.74, 6) is -2.99. The molecule has 0 bridgehead atoms. The molecule has 2 aromatic rings. The molecule has 0 saturated carbocycles. The maximum absolute atomic E-state index is 12.2. The third-order valence-electron chi connectivity index (χ3n) is 4.14. The van der Waals surface area contributed by atoms with Gasteiger partial charge in [0.2, 0.25) is 5.66 Å². The highest BCUT2D eigenvalue weighted by Gasteiger charge is 2.43. The van der Waals surface area contributed by atoms with Crippen molar-refractivity contribution in [3.8, 4) is 0 Å². The second kappa shape index (κ2) is 11.2. The highest BCUT2D eigenvalue weighted by Crippen LogP contribution is 2.13. The van der Waals surface area contributed by atoms with Crippen LogP contribution in [-0.4, -0.2) is 40.0 Å². The quantitative estimate of drug-likeness (QED) is 0.420. The van der Waals surface area contributed by atoms with Gasteiger partial charge in [0.1, 0.15) is 13.2 Å². The fourth-order valence-electron chi connectivity index (χ4n) is 2.53. The van der Waals surface area contributed by atoms with Crippen molar-refractivity contribution in [2.45, 2.75) is 31.7 Å². The Morgan fingerprint density at radius 2 is 1.16 bits per heavy atom. The molecule has 0 aromatic heterocycles. The van der Waals surface area contributed by atoms with Crippen LogP contribution in [0.3, 0.4) is 0 Å². The molecule has 0 aliphatic rings. The molecule has 0 spiro atoms. The van der Waals surface area contributed by atoms with Crippen LogP contribution in [-0.2, 0) is 32.3 Å². The normalized spacial score (nSPS) is 10.6. The zero-order valence-electron chi connectivity index (χ0n) is 16.4. The Bertz CT molecular complexity index is 845. The van der Waals surface area contributed by atoms with Gasteiger partial charge in [0.05, 0.1) is 0 Å². The molecule has 0 heterocycles. The minimum absolute atomic E-state index is 0.153. The summed E-state index contributed by atoms with van der Waals surface area (Å²) >= 11 is 0. The SMILES string of the molecule is O=C(O)CCC(NC(=O)OCc1ccccc1)(NC(=O)OCc1ccccc1)C(=O)O. The van der Waals surface area contributed by atoms with Crippen molar-refractivity contribution >= 4 is 24.1 Å². The predicted molar refractivity (Wildman–Crippen MR) is 107 cm³/mol. The first-order valence-corrected chi connectivity index (χ1v) is 9.23. The van der Waals surface area contributed by atoms with Crippen molar-refractivity contribution in [1.29, 1.82) is 0 Å². The summed E-state index contributed by atoms with van der Waals surface area (Å²) < 4.78 is 10.00. The molecule has 0 unspecified atom stereocenters. The summed E-state index contributed by atoms with van der Waals surface area (Å²) in [5, 5.41) is 22.7. The van der Waals surface area contributed by atoms with E-state index >= 15 is 0 Å². The summed E-state index contributed by atoms with van der Waals surface area (Å²) in [7, 11) is 0. The maximum atomic E-state index is 12.2. The molecule has 4 N–H and O–H groups in total. The molecule has 0 aliphatic carbocycles. The van der Waals surface area contributed by atoms with E-state index in [0.29, 0.717) is 11.1 Å². The summed E-state index contributed by atoms with van der Waals surface area (Å²) in [5.41, 5.74) is -1.14. The van der Waals surface area contributed by atoms with Gasteiger partial charge < -0.3 is 19.7 Å². The number of benzene rings is 2. The topological polar surface area (TPSA) is 151 Å². The van der Waals surface area contributed by atoms with Crippen LogP contribution in [0.2, 0.25) is 0 Å². The number of carbonyl (C=O) groups excluding carboxylic acids is 2. The van der Waals surface area contributed by atoms with E-state index in [1.54, 1.807) is 60.7 Å². The van der Waals surface area contributed by atoms with E-state index in [4.69, 9.17) is 14.6 Å². The molecule has 0 atom stereocenters. The van der Waals surface area contributed by atoms with Crippen LogP contribution >= 0.6 is 0 Å². The number of carboxylic acids is 2. The highest BCUT2D eigenvalue weighted by atomic mass is 16.6. The first kappa shape index (κ1) is 23.2. The van der Waals surface area contributed by atoms with E-state index in [1.807, 2.05) is 10.6 Å². The third-order valence-corrected chi connectivity index (χ3v) is 4.14. The molecule has 2 rings (SSSR count). The second-order valence-corrected chi connectivity index (χ2v) is 6.48. The van der Waals surface area contributed by atoms with E-state index < -0.39 is 42.6 Å². The molecule has 31 heavy (non-hydrogen) atoms. The molecule has 10 heteroatoms. The van der Waals surface area contributed by atoms with Crippen LogP contribution < -0.4 is 10.6 Å². The lowest BCUT2D eigenvalue weighted by molar-refractivity contribution is -0.147. The Morgan fingerprint density at radius 3 is 1.52 bits per heavy atom. The lowest BCUT2D eigenvalue weighted by atomic mass is 10.0. The summed E-state index contributed by atoms with van der Waals surface area (Å²) in [4.78, 5) is 47.3. The largest absolute Gasteiger partial charge is 0.481 e. The number of aliphatic carboxylic acids is 2. The summed E-state index contributed by atoms with van der Waals surface area (Å²) in [6.07, 6.45) is -3.59. The van der Waals surface area contributed by atoms with Gasteiger partial charge in [-0.1, -0.05) is 60.7 Å². The average molecular weight is 430 g/mol. The fourth-order valence-corrected chi connectivity index (χ4v) is 2.53. The molecule has 0 radical (unpaired) electrons. The number of rotatable bonds is 10. The number of carbonyl (C=O) groups is 4. The Morgan fingerprint density at radius 1 is 0.742 bits per heavy atom. The maximum Gasteiger partial charge on any atom is 0.409 e. The van der Waals surface area contributed by atoms with Gasteiger partial charge in [-0.3, -0.25) is 15.4 Å². The molecule has 2 amide bonds. The van der Waals surface area contributed by atoms with Crippen molar-refractivity contribution in [1.82, 2.24) is 10.6 Å². The van der Waals surface area contributed by atoms with Crippen LogP contribution in [0.5, 0.6) is 0 Å². The van der Waals surface area contributed by atoms with E-state index in [2.05, 4.69) is 0 Å². The fraction of sp³-hybridized carbons (Fsp3) is 0.238. The number of carboxylic acid groups (broad SMARTS) is 2. The zero-order chi connectivity index (χ0) is 22.7. The van der Waals surface area contributed by atoms with Gasteiger partial charge in [-0.15, -0.1) is 0 Å². The molecule has 0 saturated heterocycles. The highest BCUT2D eigenvalue weighted by molar-refractivity contribution is 5.88. The van der Waals surface area contributed by atoms with Crippen LogP contribution in [0.15, 0.2) is 60.7 Å². The first-order valence-electron chi connectivity index (χ1n) is 9.23. The van der Waals surface area contributed by atoms with Gasteiger partial charge >= 0.3 is 24.1 Å². The second-order valence-electron chi connectivity index (χ2n) is 6.48. The number of hydrogen-bond acceptors (Lipinski definition) is 6. The Hall–Kier alpha value is -4.08. The molecule has 2 aromatic carbocycles. The summed E-state index contributed by atoms with van der Waals surface area (Å²) in [6.45, 7) is -0.306. The number of ether oxygens (including phenoxy) is 2. The number of nitrogens with one attached hydrogen (secondary N) is 2. The lowest BCUT2D eigenvalue weighted by Crippen LogP contribution is -2.65. The monoisotopic (exact) mass is 430 g/mol. The Labute approximate surface area is 177 Å². The van der Waals surface area contributed by atoms with Crippen LogP contribution in [0, 0.1) is 0 Å². The predicted octanol–water partition coefficient (Wildman–Crippen LogP) is 2.48. The Balaban J connectivity index is 2.06. The van der Waals surface area contributed by atoms with Crippen molar-refractivity contribution in [2.75, 3.05) is 0 Å².